The lowest BCUT2D eigenvalue weighted by molar-refractivity contribution is -0.123. The third kappa shape index (κ3) is 6.47. The minimum absolute atomic E-state index is 0.0531. The van der Waals surface area contributed by atoms with Gasteiger partial charge in [-0.25, -0.2) is 0 Å². The van der Waals surface area contributed by atoms with Crippen LogP contribution in [-0.2, 0) is 4.79 Å². The Bertz CT molecular complexity index is 193. The molecule has 0 spiro atoms. The highest BCUT2D eigenvalue weighted by Gasteiger charge is 2.19. The molecule has 0 aromatic rings. The number of carbonyl (C=O) groups excluding carboxylic acids is 1. The number of aliphatic hydroxyl groups is 1. The number of nitrogens with two attached hydrogens (primary N) is 1. The van der Waals surface area contributed by atoms with Crippen molar-refractivity contribution < 1.29 is 9.90 Å². The van der Waals surface area contributed by atoms with Crippen molar-refractivity contribution in [3.8, 4) is 0 Å². The van der Waals surface area contributed by atoms with E-state index in [-0.39, 0.29) is 17.9 Å². The van der Waals surface area contributed by atoms with Crippen molar-refractivity contribution in [2.45, 2.75) is 46.1 Å². The number of nitrogens with one attached hydrogen (secondary N) is 1. The maximum atomic E-state index is 11.5. The highest BCUT2D eigenvalue weighted by molar-refractivity contribution is 5.81. The maximum absolute atomic E-state index is 11.5. The molecule has 15 heavy (non-hydrogen) atoms. The van der Waals surface area contributed by atoms with E-state index in [9.17, 15) is 4.79 Å². The monoisotopic (exact) mass is 216 g/mol. The average molecular weight is 216 g/mol. The summed E-state index contributed by atoms with van der Waals surface area (Å²) in [6.45, 7) is 6.37. The van der Waals surface area contributed by atoms with Crippen molar-refractivity contribution >= 4 is 5.91 Å². The van der Waals surface area contributed by atoms with Crippen LogP contribution in [0.15, 0.2) is 0 Å². The SMILES string of the molecule is CCCC[C@H](N)C(=O)NCC(C)(C)CO. The summed E-state index contributed by atoms with van der Waals surface area (Å²) < 4.78 is 0. The third-order valence-corrected chi connectivity index (χ3v) is 2.37. The van der Waals surface area contributed by atoms with Gasteiger partial charge in [0.15, 0.2) is 0 Å². The minimum Gasteiger partial charge on any atom is -0.396 e. The highest BCUT2D eigenvalue weighted by Crippen LogP contribution is 2.11. The van der Waals surface area contributed by atoms with Gasteiger partial charge < -0.3 is 16.2 Å². The van der Waals surface area contributed by atoms with Crippen LogP contribution in [0.4, 0.5) is 0 Å². The van der Waals surface area contributed by atoms with E-state index in [4.69, 9.17) is 10.8 Å². The maximum Gasteiger partial charge on any atom is 0.236 e. The number of carbonyl (C=O) groups is 1. The number of hydrogen-bond donors (Lipinski definition) is 3. The molecule has 0 bridgehead atoms. The molecular formula is C11H24N2O2. The summed E-state index contributed by atoms with van der Waals surface area (Å²) in [5, 5.41) is 11.8. The summed E-state index contributed by atoms with van der Waals surface area (Å²) in [5.41, 5.74) is 5.42. The number of unbranched alkanes of at least 4 members (excludes halogenated alkanes) is 1. The summed E-state index contributed by atoms with van der Waals surface area (Å²) in [5.74, 6) is -0.120. The van der Waals surface area contributed by atoms with Crippen LogP contribution < -0.4 is 11.1 Å². The largest absolute Gasteiger partial charge is 0.396 e. The molecule has 0 aliphatic rings. The fraction of sp³-hybridized carbons (Fsp3) is 0.909. The lowest BCUT2D eigenvalue weighted by Crippen LogP contribution is -2.44. The van der Waals surface area contributed by atoms with Crippen LogP contribution >= 0.6 is 0 Å². The fourth-order valence-corrected chi connectivity index (χ4v) is 1.07. The van der Waals surface area contributed by atoms with Crippen LogP contribution in [0.1, 0.15) is 40.0 Å². The molecule has 0 aromatic heterocycles. The fourth-order valence-electron chi connectivity index (χ4n) is 1.07. The molecule has 4 heteroatoms. The summed E-state index contributed by atoms with van der Waals surface area (Å²) in [4.78, 5) is 11.5. The third-order valence-electron chi connectivity index (χ3n) is 2.37. The van der Waals surface area contributed by atoms with E-state index in [0.29, 0.717) is 6.54 Å². The molecule has 0 aliphatic carbocycles. The van der Waals surface area contributed by atoms with Crippen LogP contribution in [-0.4, -0.2) is 30.2 Å². The quantitative estimate of drug-likeness (QED) is 0.584. The first-order valence-corrected chi connectivity index (χ1v) is 5.57. The van der Waals surface area contributed by atoms with E-state index >= 15 is 0 Å². The van der Waals surface area contributed by atoms with E-state index in [0.717, 1.165) is 19.3 Å². The van der Waals surface area contributed by atoms with Crippen molar-refractivity contribution in [1.82, 2.24) is 5.32 Å². The Labute approximate surface area is 92.2 Å². The predicted octanol–water partition coefficient (Wildman–Crippen LogP) is 0.639. The second-order valence-electron chi connectivity index (χ2n) is 4.79. The van der Waals surface area contributed by atoms with Crippen molar-refractivity contribution in [3.63, 3.8) is 0 Å². The van der Waals surface area contributed by atoms with Crippen molar-refractivity contribution in [2.24, 2.45) is 11.1 Å². The molecular weight excluding hydrogens is 192 g/mol. The van der Waals surface area contributed by atoms with Gasteiger partial charge in [-0.05, 0) is 6.42 Å². The zero-order chi connectivity index (χ0) is 11.9. The normalized spacial score (nSPS) is 13.7. The molecule has 0 fully saturated rings. The number of rotatable bonds is 7. The van der Waals surface area contributed by atoms with Gasteiger partial charge >= 0.3 is 0 Å². The smallest absolute Gasteiger partial charge is 0.236 e. The molecule has 0 radical (unpaired) electrons. The molecule has 0 saturated carbocycles. The predicted molar refractivity (Wildman–Crippen MR) is 61.4 cm³/mol. The van der Waals surface area contributed by atoms with Crippen molar-refractivity contribution in [3.05, 3.63) is 0 Å². The molecule has 0 aromatic carbocycles. The zero-order valence-corrected chi connectivity index (χ0v) is 10.0. The lowest BCUT2D eigenvalue weighted by Gasteiger charge is -2.23. The van der Waals surface area contributed by atoms with Gasteiger partial charge in [0, 0.05) is 18.6 Å². The van der Waals surface area contributed by atoms with E-state index in [2.05, 4.69) is 12.2 Å². The second-order valence-corrected chi connectivity index (χ2v) is 4.79. The summed E-state index contributed by atoms with van der Waals surface area (Å²) in [6.07, 6.45) is 2.74. The van der Waals surface area contributed by atoms with Crippen molar-refractivity contribution in [1.29, 1.82) is 0 Å². The van der Waals surface area contributed by atoms with E-state index in [1.165, 1.54) is 0 Å². The van der Waals surface area contributed by atoms with Crippen LogP contribution in [0.3, 0.4) is 0 Å². The van der Waals surface area contributed by atoms with Crippen LogP contribution in [0.25, 0.3) is 0 Å². The molecule has 4 nitrogen and oxygen atoms in total. The van der Waals surface area contributed by atoms with Crippen molar-refractivity contribution in [2.75, 3.05) is 13.2 Å². The lowest BCUT2D eigenvalue weighted by atomic mass is 9.95. The summed E-state index contributed by atoms with van der Waals surface area (Å²) >= 11 is 0. The number of aliphatic hydroxyl groups excluding tert-OH is 1. The van der Waals surface area contributed by atoms with E-state index in [1.807, 2.05) is 13.8 Å². The molecule has 90 valence electrons. The van der Waals surface area contributed by atoms with Gasteiger partial charge in [0.25, 0.3) is 0 Å². The van der Waals surface area contributed by atoms with E-state index < -0.39 is 6.04 Å². The molecule has 0 aliphatic heterocycles. The standard InChI is InChI=1S/C11H24N2O2/c1-4-5-6-9(12)10(15)13-7-11(2,3)8-14/h9,14H,4-8,12H2,1-3H3,(H,13,15)/t9-/m0/s1. The van der Waals surface area contributed by atoms with Crippen LogP contribution in [0.2, 0.25) is 0 Å². The Morgan fingerprint density at radius 1 is 1.53 bits per heavy atom. The molecule has 0 saturated heterocycles. The highest BCUT2D eigenvalue weighted by atomic mass is 16.3. The summed E-state index contributed by atoms with van der Waals surface area (Å²) in [7, 11) is 0. The summed E-state index contributed by atoms with van der Waals surface area (Å²) in [6, 6.07) is -0.417. The molecule has 4 N–H and O–H groups in total. The van der Waals surface area contributed by atoms with Gasteiger partial charge in [0.1, 0.15) is 0 Å². The molecule has 1 amide bonds. The molecule has 0 heterocycles. The number of hydrogen-bond acceptors (Lipinski definition) is 3. The van der Waals surface area contributed by atoms with Gasteiger partial charge in [-0.2, -0.15) is 0 Å². The first kappa shape index (κ1) is 14.4. The van der Waals surface area contributed by atoms with Gasteiger partial charge in [0.05, 0.1) is 6.04 Å². The van der Waals surface area contributed by atoms with Gasteiger partial charge in [0.2, 0.25) is 5.91 Å². The Morgan fingerprint density at radius 2 is 2.13 bits per heavy atom. The zero-order valence-electron chi connectivity index (χ0n) is 10.0. The minimum atomic E-state index is -0.417. The van der Waals surface area contributed by atoms with Gasteiger partial charge in [-0.3, -0.25) is 4.79 Å². The number of amides is 1. The van der Waals surface area contributed by atoms with E-state index in [1.54, 1.807) is 0 Å². The van der Waals surface area contributed by atoms with Crippen LogP contribution in [0, 0.1) is 5.41 Å². The van der Waals surface area contributed by atoms with Gasteiger partial charge in [-0.15, -0.1) is 0 Å². The average Bonchev–Trinajstić information content (AvgIpc) is 2.22. The Kier molecular flexibility index (Phi) is 6.52. The first-order valence-electron chi connectivity index (χ1n) is 5.57. The Balaban J connectivity index is 3.82. The topological polar surface area (TPSA) is 75.4 Å². The van der Waals surface area contributed by atoms with Crippen LogP contribution in [0.5, 0.6) is 0 Å². The second kappa shape index (κ2) is 6.80. The molecule has 1 atom stereocenters. The Hall–Kier alpha value is -0.610. The first-order chi connectivity index (χ1) is 6.93. The molecule has 0 rings (SSSR count). The Morgan fingerprint density at radius 3 is 2.60 bits per heavy atom. The van der Waals surface area contributed by atoms with Gasteiger partial charge in [-0.1, -0.05) is 33.6 Å². The molecule has 0 unspecified atom stereocenters.